The molecular weight excluding hydrogens is 446 g/mol. The van der Waals surface area contributed by atoms with Gasteiger partial charge < -0.3 is 14.5 Å². The summed E-state index contributed by atoms with van der Waals surface area (Å²) in [7, 11) is 1.68. The monoisotopic (exact) mass is 477 g/mol. The number of imidazole rings is 1. The number of fused-ring (bicyclic) bond motifs is 3. The summed E-state index contributed by atoms with van der Waals surface area (Å²) in [4.78, 5) is 12.5. The molecule has 2 unspecified atom stereocenters. The number of methoxy groups -OCH3 is 1. The number of nitrogens with one attached hydrogen (secondary N) is 1. The van der Waals surface area contributed by atoms with E-state index in [1.165, 1.54) is 27.6 Å². The second kappa shape index (κ2) is 9.75. The van der Waals surface area contributed by atoms with Crippen molar-refractivity contribution in [2.75, 3.05) is 13.7 Å². The molecule has 0 saturated heterocycles. The summed E-state index contributed by atoms with van der Waals surface area (Å²) < 4.78 is 11.5. The zero-order chi connectivity index (χ0) is 24.5. The first-order valence-electron chi connectivity index (χ1n) is 12.7. The zero-order valence-corrected chi connectivity index (χ0v) is 20.8. The first kappa shape index (κ1) is 22.7. The molecule has 0 amide bonds. The predicted octanol–water partition coefficient (Wildman–Crippen LogP) is 6.74. The molecule has 2 atom stereocenters. The zero-order valence-electron chi connectivity index (χ0n) is 20.8. The highest BCUT2D eigenvalue weighted by Gasteiger charge is 2.24. The second-order valence-corrected chi connectivity index (χ2v) is 9.94. The number of aromatic amines is 1. The van der Waals surface area contributed by atoms with Gasteiger partial charge in [-0.3, -0.25) is 4.98 Å². The molecule has 1 aliphatic heterocycles. The van der Waals surface area contributed by atoms with Gasteiger partial charge in [-0.15, -0.1) is 0 Å². The SMILES string of the molecule is COCc1nc2ccc(-c3ccc4c(c3)CC(C)C(Cc3ccnc5ccccc35)CCO4)cc2[nH]1. The average molecular weight is 478 g/mol. The van der Waals surface area contributed by atoms with E-state index in [4.69, 9.17) is 9.47 Å². The number of aromatic nitrogens is 3. The van der Waals surface area contributed by atoms with Gasteiger partial charge in [0.1, 0.15) is 18.2 Å². The smallest absolute Gasteiger partial charge is 0.133 e. The van der Waals surface area contributed by atoms with Crippen LogP contribution in [0.4, 0.5) is 0 Å². The maximum absolute atomic E-state index is 6.28. The van der Waals surface area contributed by atoms with Gasteiger partial charge in [-0.2, -0.15) is 0 Å². The van der Waals surface area contributed by atoms with Crippen molar-refractivity contribution in [3.8, 4) is 16.9 Å². The molecule has 0 radical (unpaired) electrons. The molecule has 0 fully saturated rings. The van der Waals surface area contributed by atoms with Crippen molar-refractivity contribution in [1.82, 2.24) is 15.0 Å². The van der Waals surface area contributed by atoms with Crippen LogP contribution in [0.1, 0.15) is 30.3 Å². The van der Waals surface area contributed by atoms with E-state index in [1.54, 1.807) is 7.11 Å². The Morgan fingerprint density at radius 2 is 1.86 bits per heavy atom. The highest BCUT2D eigenvalue weighted by molar-refractivity contribution is 5.83. The van der Waals surface area contributed by atoms with Crippen molar-refractivity contribution in [2.24, 2.45) is 11.8 Å². The largest absolute Gasteiger partial charge is 0.493 e. The molecule has 0 spiro atoms. The molecule has 1 N–H and O–H groups in total. The lowest BCUT2D eigenvalue weighted by Gasteiger charge is -2.28. The van der Waals surface area contributed by atoms with E-state index in [0.717, 1.165) is 54.0 Å². The molecule has 5 aromatic rings. The van der Waals surface area contributed by atoms with Crippen molar-refractivity contribution in [3.05, 3.63) is 89.9 Å². The number of hydrogen-bond acceptors (Lipinski definition) is 4. The summed E-state index contributed by atoms with van der Waals surface area (Å²) in [6, 6.07) is 23.6. The van der Waals surface area contributed by atoms with Gasteiger partial charge in [0, 0.05) is 18.7 Å². The standard InChI is InChI=1S/C31H31N3O2/c1-20-15-25-17-22(23-7-9-28-29(18-23)34-31(33-28)19-35-2)8-10-30(25)36-14-12-21(20)16-24-11-13-32-27-6-4-3-5-26(24)27/h3-11,13,17-18,20-21H,12,14-16,19H2,1-2H3,(H,33,34). The molecule has 5 nitrogen and oxygen atoms in total. The molecule has 0 aliphatic carbocycles. The second-order valence-electron chi connectivity index (χ2n) is 9.94. The van der Waals surface area contributed by atoms with Crippen molar-refractivity contribution in [1.29, 1.82) is 0 Å². The van der Waals surface area contributed by atoms with Crippen molar-refractivity contribution >= 4 is 21.9 Å². The Labute approximate surface area is 211 Å². The van der Waals surface area contributed by atoms with Crippen LogP contribution in [0, 0.1) is 11.8 Å². The van der Waals surface area contributed by atoms with E-state index in [1.807, 2.05) is 6.20 Å². The first-order chi connectivity index (χ1) is 17.7. The van der Waals surface area contributed by atoms with Gasteiger partial charge in [0.25, 0.3) is 0 Å². The van der Waals surface area contributed by atoms with Gasteiger partial charge in [-0.25, -0.2) is 4.98 Å². The van der Waals surface area contributed by atoms with Crippen LogP contribution < -0.4 is 4.74 Å². The quantitative estimate of drug-likeness (QED) is 0.304. The molecule has 3 aromatic carbocycles. The van der Waals surface area contributed by atoms with Gasteiger partial charge in [-0.05, 0) is 89.8 Å². The summed E-state index contributed by atoms with van der Waals surface area (Å²) in [5.74, 6) is 2.95. The summed E-state index contributed by atoms with van der Waals surface area (Å²) in [6.07, 6.45) is 5.04. The van der Waals surface area contributed by atoms with Crippen LogP contribution >= 0.6 is 0 Å². The Morgan fingerprint density at radius 3 is 2.78 bits per heavy atom. The van der Waals surface area contributed by atoms with Crippen LogP contribution in [-0.2, 0) is 24.2 Å². The first-order valence-corrected chi connectivity index (χ1v) is 12.7. The molecular formula is C31H31N3O2. The minimum Gasteiger partial charge on any atom is -0.493 e. The molecule has 0 saturated carbocycles. The Kier molecular flexibility index (Phi) is 6.16. The Bertz CT molecular complexity index is 1520. The van der Waals surface area contributed by atoms with Crippen LogP contribution in [0.25, 0.3) is 33.1 Å². The van der Waals surface area contributed by atoms with E-state index < -0.39 is 0 Å². The third-order valence-corrected chi connectivity index (χ3v) is 7.52. The van der Waals surface area contributed by atoms with Crippen LogP contribution in [0.15, 0.2) is 72.9 Å². The number of rotatable bonds is 5. The number of ether oxygens (including phenoxy) is 2. The fourth-order valence-electron chi connectivity index (χ4n) is 5.54. The van der Waals surface area contributed by atoms with Gasteiger partial charge in [0.2, 0.25) is 0 Å². The maximum Gasteiger partial charge on any atom is 0.133 e. The maximum atomic E-state index is 6.28. The molecule has 0 bridgehead atoms. The highest BCUT2D eigenvalue weighted by Crippen LogP contribution is 2.35. The molecule has 3 heterocycles. The summed E-state index contributed by atoms with van der Waals surface area (Å²) in [5, 5.41) is 1.26. The molecule has 6 rings (SSSR count). The van der Waals surface area contributed by atoms with E-state index in [2.05, 4.69) is 88.6 Å². The molecule has 5 heteroatoms. The number of nitrogens with zero attached hydrogens (tertiary/aromatic N) is 2. The highest BCUT2D eigenvalue weighted by atomic mass is 16.5. The minimum absolute atomic E-state index is 0.481. The lowest BCUT2D eigenvalue weighted by atomic mass is 9.80. The van der Waals surface area contributed by atoms with Crippen molar-refractivity contribution in [2.45, 2.75) is 32.8 Å². The Hall–Kier alpha value is -3.70. The van der Waals surface area contributed by atoms with Gasteiger partial charge in [0.15, 0.2) is 0 Å². The van der Waals surface area contributed by atoms with E-state index >= 15 is 0 Å². The number of para-hydroxylation sites is 1. The van der Waals surface area contributed by atoms with Crippen molar-refractivity contribution in [3.63, 3.8) is 0 Å². The van der Waals surface area contributed by atoms with E-state index in [0.29, 0.717) is 18.4 Å². The average Bonchev–Trinajstić information content (AvgIpc) is 3.30. The van der Waals surface area contributed by atoms with Gasteiger partial charge in [0.05, 0.1) is 23.2 Å². The number of pyridine rings is 1. The Balaban J connectivity index is 1.26. The fourth-order valence-corrected chi connectivity index (χ4v) is 5.54. The van der Waals surface area contributed by atoms with E-state index in [9.17, 15) is 0 Å². The van der Waals surface area contributed by atoms with E-state index in [-0.39, 0.29) is 0 Å². The van der Waals surface area contributed by atoms with Crippen LogP contribution in [-0.4, -0.2) is 28.7 Å². The van der Waals surface area contributed by atoms with Crippen molar-refractivity contribution < 1.29 is 9.47 Å². The number of H-pyrrole nitrogens is 1. The topological polar surface area (TPSA) is 60.0 Å². The normalized spacial score (nSPS) is 17.9. The lowest BCUT2D eigenvalue weighted by molar-refractivity contribution is 0.179. The Morgan fingerprint density at radius 1 is 1.00 bits per heavy atom. The van der Waals surface area contributed by atoms with Crippen LogP contribution in [0.3, 0.4) is 0 Å². The summed E-state index contributed by atoms with van der Waals surface area (Å²) in [6.45, 7) is 3.62. The third-order valence-electron chi connectivity index (χ3n) is 7.52. The molecule has 182 valence electrons. The molecule has 2 aromatic heterocycles. The number of hydrogen-bond donors (Lipinski definition) is 1. The lowest BCUT2D eigenvalue weighted by Crippen LogP contribution is -2.22. The summed E-state index contributed by atoms with van der Waals surface area (Å²) >= 11 is 0. The third kappa shape index (κ3) is 4.47. The fraction of sp³-hybridized carbons (Fsp3) is 0.290. The molecule has 1 aliphatic rings. The predicted molar refractivity (Wildman–Crippen MR) is 144 cm³/mol. The van der Waals surface area contributed by atoms with Crippen LogP contribution in [0.2, 0.25) is 0 Å². The van der Waals surface area contributed by atoms with Crippen LogP contribution in [0.5, 0.6) is 5.75 Å². The van der Waals surface area contributed by atoms with Gasteiger partial charge in [-0.1, -0.05) is 37.3 Å². The number of benzene rings is 3. The summed E-state index contributed by atoms with van der Waals surface area (Å²) in [5.41, 5.74) is 8.10. The minimum atomic E-state index is 0.481. The molecule has 36 heavy (non-hydrogen) atoms. The van der Waals surface area contributed by atoms with Gasteiger partial charge >= 0.3 is 0 Å².